The number of benzene rings is 1. The third kappa shape index (κ3) is 3.10. The van der Waals surface area contributed by atoms with Gasteiger partial charge in [0.15, 0.2) is 0 Å². The first kappa shape index (κ1) is 12.2. The molecule has 2 rings (SSSR count). The van der Waals surface area contributed by atoms with E-state index in [2.05, 4.69) is 15.3 Å². The summed E-state index contributed by atoms with van der Waals surface area (Å²) in [6.07, 6.45) is 0. The monoisotopic (exact) mass is 244 g/mol. The minimum atomic E-state index is 0.550. The fourth-order valence-corrected chi connectivity index (χ4v) is 1.61. The average Bonchev–Trinajstić information content (AvgIpc) is 2.36. The van der Waals surface area contributed by atoms with Gasteiger partial charge in [-0.3, -0.25) is 0 Å². The number of hydrogen-bond acceptors (Lipinski definition) is 5. The van der Waals surface area contributed by atoms with E-state index in [0.29, 0.717) is 18.4 Å². The number of nitrogen functional groups attached to an aromatic ring is 1. The first-order valence-electron chi connectivity index (χ1n) is 5.65. The molecule has 0 spiro atoms. The maximum atomic E-state index is 5.72. The molecule has 3 N–H and O–H groups in total. The Hall–Kier alpha value is -2.30. The molecule has 0 unspecified atom stereocenters. The predicted molar refractivity (Wildman–Crippen MR) is 71.5 cm³/mol. The number of aromatic nitrogens is 2. The minimum absolute atomic E-state index is 0.550. The normalized spacial score (nSPS) is 10.1. The summed E-state index contributed by atoms with van der Waals surface area (Å²) < 4.78 is 5.10. The molecule has 5 nitrogen and oxygen atoms in total. The summed E-state index contributed by atoms with van der Waals surface area (Å²) in [4.78, 5) is 8.50. The van der Waals surface area contributed by atoms with Crippen LogP contribution in [0, 0.1) is 6.92 Å². The molecule has 0 aliphatic heterocycles. The van der Waals surface area contributed by atoms with Gasteiger partial charge in [-0.15, -0.1) is 0 Å². The molecule has 5 heteroatoms. The van der Waals surface area contributed by atoms with Crippen LogP contribution in [-0.2, 0) is 6.54 Å². The zero-order valence-electron chi connectivity index (χ0n) is 10.5. The fraction of sp³-hybridized carbons (Fsp3) is 0.231. The lowest BCUT2D eigenvalue weighted by atomic mass is 10.2. The second kappa shape index (κ2) is 5.35. The summed E-state index contributed by atoms with van der Waals surface area (Å²) in [7, 11) is 1.59. The Labute approximate surface area is 106 Å². The van der Waals surface area contributed by atoms with E-state index in [0.717, 1.165) is 16.9 Å². The Balaban J connectivity index is 2.08. The van der Waals surface area contributed by atoms with Gasteiger partial charge in [0.25, 0.3) is 0 Å². The van der Waals surface area contributed by atoms with E-state index >= 15 is 0 Å². The third-order valence-corrected chi connectivity index (χ3v) is 2.44. The van der Waals surface area contributed by atoms with Crippen molar-refractivity contribution in [3.63, 3.8) is 0 Å². The van der Waals surface area contributed by atoms with Crippen molar-refractivity contribution in [2.45, 2.75) is 13.5 Å². The second-order valence-corrected chi connectivity index (χ2v) is 3.97. The molecule has 1 aromatic heterocycles. The summed E-state index contributed by atoms with van der Waals surface area (Å²) in [5.74, 6) is 1.10. The molecular weight excluding hydrogens is 228 g/mol. The summed E-state index contributed by atoms with van der Waals surface area (Å²) in [6.45, 7) is 2.52. The molecular formula is C13H16N4O. The van der Waals surface area contributed by atoms with E-state index in [-0.39, 0.29) is 0 Å². The summed E-state index contributed by atoms with van der Waals surface area (Å²) in [6, 6.07) is 9.47. The molecule has 0 atom stereocenters. The molecule has 94 valence electrons. The number of nitrogens with two attached hydrogens (primary N) is 1. The Bertz CT molecular complexity index is 542. The number of rotatable bonds is 4. The van der Waals surface area contributed by atoms with Crippen LogP contribution in [0.3, 0.4) is 0 Å². The number of hydrogen-bond donors (Lipinski definition) is 2. The topological polar surface area (TPSA) is 73.1 Å². The van der Waals surface area contributed by atoms with Gasteiger partial charge in [0.1, 0.15) is 0 Å². The Morgan fingerprint density at radius 2 is 2.11 bits per heavy atom. The average molecular weight is 244 g/mol. The third-order valence-electron chi connectivity index (χ3n) is 2.44. The quantitative estimate of drug-likeness (QED) is 0.805. The SMILES string of the molecule is COc1cc(C)nc(NCc2cccc(N)c2)n1. The Morgan fingerprint density at radius 3 is 2.83 bits per heavy atom. The van der Waals surface area contributed by atoms with E-state index < -0.39 is 0 Å². The van der Waals surface area contributed by atoms with Gasteiger partial charge in [0.2, 0.25) is 11.8 Å². The van der Waals surface area contributed by atoms with Crippen LogP contribution in [-0.4, -0.2) is 17.1 Å². The van der Waals surface area contributed by atoms with Gasteiger partial charge >= 0.3 is 0 Å². The molecule has 0 radical (unpaired) electrons. The zero-order valence-corrected chi connectivity index (χ0v) is 10.5. The summed E-state index contributed by atoms with van der Waals surface area (Å²) in [5.41, 5.74) is 8.41. The van der Waals surface area contributed by atoms with E-state index in [1.165, 1.54) is 0 Å². The van der Waals surface area contributed by atoms with Gasteiger partial charge in [-0.25, -0.2) is 4.98 Å². The zero-order chi connectivity index (χ0) is 13.0. The molecule has 1 aromatic carbocycles. The summed E-state index contributed by atoms with van der Waals surface area (Å²) in [5, 5.41) is 3.15. The van der Waals surface area contributed by atoms with E-state index in [1.54, 1.807) is 13.2 Å². The highest BCUT2D eigenvalue weighted by Gasteiger charge is 2.02. The lowest BCUT2D eigenvalue weighted by Crippen LogP contribution is -2.05. The maximum Gasteiger partial charge on any atom is 0.226 e. The number of aryl methyl sites for hydroxylation is 1. The standard InChI is InChI=1S/C13H16N4O/c1-9-6-12(18-2)17-13(16-9)15-8-10-4-3-5-11(14)7-10/h3-7H,8,14H2,1-2H3,(H,15,16,17). The van der Waals surface area contributed by atoms with Crippen molar-refractivity contribution in [2.24, 2.45) is 0 Å². The minimum Gasteiger partial charge on any atom is -0.481 e. The molecule has 0 saturated carbocycles. The molecule has 2 aromatic rings. The predicted octanol–water partition coefficient (Wildman–Crippen LogP) is 1.99. The van der Waals surface area contributed by atoms with Gasteiger partial charge in [0, 0.05) is 24.0 Å². The van der Waals surface area contributed by atoms with Crippen LogP contribution >= 0.6 is 0 Å². The molecule has 0 saturated heterocycles. The molecule has 0 amide bonds. The van der Waals surface area contributed by atoms with Crippen molar-refractivity contribution in [1.29, 1.82) is 0 Å². The maximum absolute atomic E-state index is 5.72. The molecule has 0 fully saturated rings. The van der Waals surface area contributed by atoms with Crippen LogP contribution in [0.5, 0.6) is 5.88 Å². The van der Waals surface area contributed by atoms with Crippen molar-refractivity contribution in [3.05, 3.63) is 41.6 Å². The van der Waals surface area contributed by atoms with Gasteiger partial charge in [-0.05, 0) is 24.6 Å². The largest absolute Gasteiger partial charge is 0.481 e. The van der Waals surface area contributed by atoms with Crippen molar-refractivity contribution < 1.29 is 4.74 Å². The number of anilines is 2. The highest BCUT2D eigenvalue weighted by Crippen LogP contribution is 2.13. The first-order valence-corrected chi connectivity index (χ1v) is 5.65. The first-order chi connectivity index (χ1) is 8.67. The number of methoxy groups -OCH3 is 1. The van der Waals surface area contributed by atoms with E-state index in [9.17, 15) is 0 Å². The van der Waals surface area contributed by atoms with Crippen LogP contribution in [0.4, 0.5) is 11.6 Å². The smallest absolute Gasteiger partial charge is 0.226 e. The van der Waals surface area contributed by atoms with Crippen molar-refractivity contribution in [3.8, 4) is 5.88 Å². The van der Waals surface area contributed by atoms with Gasteiger partial charge in [-0.2, -0.15) is 4.98 Å². The van der Waals surface area contributed by atoms with E-state index in [4.69, 9.17) is 10.5 Å². The van der Waals surface area contributed by atoms with Crippen molar-refractivity contribution in [1.82, 2.24) is 9.97 Å². The van der Waals surface area contributed by atoms with Crippen molar-refractivity contribution in [2.75, 3.05) is 18.2 Å². The molecule has 0 aliphatic rings. The van der Waals surface area contributed by atoms with Crippen LogP contribution in [0.25, 0.3) is 0 Å². The second-order valence-electron chi connectivity index (χ2n) is 3.97. The number of ether oxygens (including phenoxy) is 1. The molecule has 0 aliphatic carbocycles. The highest BCUT2D eigenvalue weighted by molar-refractivity contribution is 5.42. The lowest BCUT2D eigenvalue weighted by Gasteiger charge is -2.07. The molecule has 18 heavy (non-hydrogen) atoms. The molecule has 1 heterocycles. The summed E-state index contributed by atoms with van der Waals surface area (Å²) >= 11 is 0. The van der Waals surface area contributed by atoms with E-state index in [1.807, 2.05) is 31.2 Å². The molecule has 0 bridgehead atoms. The van der Waals surface area contributed by atoms with Crippen LogP contribution in [0.15, 0.2) is 30.3 Å². The van der Waals surface area contributed by atoms with Gasteiger partial charge in [-0.1, -0.05) is 12.1 Å². The lowest BCUT2D eigenvalue weighted by molar-refractivity contribution is 0.397. The van der Waals surface area contributed by atoms with Crippen LogP contribution < -0.4 is 15.8 Å². The highest BCUT2D eigenvalue weighted by atomic mass is 16.5. The number of nitrogens with one attached hydrogen (secondary N) is 1. The Kier molecular flexibility index (Phi) is 3.62. The fourth-order valence-electron chi connectivity index (χ4n) is 1.61. The van der Waals surface area contributed by atoms with Crippen LogP contribution in [0.2, 0.25) is 0 Å². The van der Waals surface area contributed by atoms with Crippen molar-refractivity contribution >= 4 is 11.6 Å². The van der Waals surface area contributed by atoms with Crippen LogP contribution in [0.1, 0.15) is 11.3 Å². The number of nitrogens with zero attached hydrogens (tertiary/aromatic N) is 2. The Morgan fingerprint density at radius 1 is 1.28 bits per heavy atom. The van der Waals surface area contributed by atoms with Gasteiger partial charge in [0.05, 0.1) is 7.11 Å². The van der Waals surface area contributed by atoms with Gasteiger partial charge < -0.3 is 15.8 Å².